The first kappa shape index (κ1) is 9.14. The molecule has 1 radical (unpaired) electrons. The van der Waals surface area contributed by atoms with Crippen molar-refractivity contribution >= 4 is 12.2 Å². The lowest BCUT2D eigenvalue weighted by Gasteiger charge is -2.02. The van der Waals surface area contributed by atoms with E-state index in [4.69, 9.17) is 0 Å². The fourth-order valence-electron chi connectivity index (χ4n) is 0.578. The maximum Gasteiger partial charge on any atom is 0.220 e. The second kappa shape index (κ2) is 4.97. The van der Waals surface area contributed by atoms with Crippen LogP contribution in [0.2, 0.25) is 0 Å². The number of amides is 1. The summed E-state index contributed by atoms with van der Waals surface area (Å²) in [6.07, 6.45) is 2.06. The fraction of sp³-hybridized carbons (Fsp3) is 0.714. The van der Waals surface area contributed by atoms with Gasteiger partial charge in [-0.15, -0.1) is 0 Å². The van der Waals surface area contributed by atoms with E-state index in [0.29, 0.717) is 12.3 Å². The second-order valence-corrected chi connectivity index (χ2v) is 2.52. The summed E-state index contributed by atoms with van der Waals surface area (Å²) in [5.74, 6) is 0.255. The molecule has 0 aliphatic heterocycles. The first-order valence-electron chi connectivity index (χ1n) is 3.28. The van der Waals surface area contributed by atoms with Gasteiger partial charge in [0.25, 0.3) is 0 Å². The number of carbonyl (C=O) groups is 1. The predicted molar refractivity (Wildman–Crippen MR) is 38.2 cm³/mol. The maximum absolute atomic E-state index is 10.7. The highest BCUT2D eigenvalue weighted by atomic mass is 16.2. The van der Waals surface area contributed by atoms with Gasteiger partial charge in [0.15, 0.2) is 0 Å². The zero-order valence-corrected chi connectivity index (χ0v) is 6.31. The summed E-state index contributed by atoms with van der Waals surface area (Å²) < 4.78 is 0. The van der Waals surface area contributed by atoms with Crippen LogP contribution in [0.1, 0.15) is 20.3 Å². The van der Waals surface area contributed by atoms with Crippen LogP contribution in [-0.4, -0.2) is 18.7 Å². The third kappa shape index (κ3) is 5.28. The van der Waals surface area contributed by atoms with Crippen molar-refractivity contribution in [1.29, 1.82) is 0 Å². The molecule has 0 aromatic heterocycles. The van der Waals surface area contributed by atoms with Gasteiger partial charge >= 0.3 is 0 Å². The average Bonchev–Trinajstić information content (AvgIpc) is 1.82. The summed E-state index contributed by atoms with van der Waals surface area (Å²) in [5.41, 5.74) is 0. The van der Waals surface area contributed by atoms with Gasteiger partial charge in [-0.05, 0) is 5.92 Å². The molecule has 0 saturated carbocycles. The highest BCUT2D eigenvalue weighted by molar-refractivity contribution is 5.78. The zero-order chi connectivity index (χ0) is 7.98. The van der Waals surface area contributed by atoms with Crippen molar-refractivity contribution in [2.24, 2.45) is 5.92 Å². The Labute approximate surface area is 60.8 Å². The number of carbonyl (C=O) groups excluding carboxylic acids is 2. The van der Waals surface area contributed by atoms with E-state index in [1.54, 1.807) is 6.29 Å². The van der Waals surface area contributed by atoms with E-state index >= 15 is 0 Å². The van der Waals surface area contributed by atoms with Crippen LogP contribution in [0.3, 0.4) is 0 Å². The highest BCUT2D eigenvalue weighted by Gasteiger charge is 2.02. The van der Waals surface area contributed by atoms with Crippen molar-refractivity contribution in [2.75, 3.05) is 6.54 Å². The maximum atomic E-state index is 10.7. The molecule has 10 heavy (non-hydrogen) atoms. The first-order chi connectivity index (χ1) is 4.66. The molecule has 0 spiro atoms. The van der Waals surface area contributed by atoms with E-state index in [1.807, 2.05) is 13.8 Å². The van der Waals surface area contributed by atoms with Gasteiger partial charge in [-0.25, -0.2) is 0 Å². The molecule has 57 valence electrons. The molecule has 0 fully saturated rings. The smallest absolute Gasteiger partial charge is 0.220 e. The molecule has 0 aromatic rings. The molecule has 3 heteroatoms. The Morgan fingerprint density at radius 2 is 2.20 bits per heavy atom. The molecule has 0 unspecified atom stereocenters. The Bertz CT molecular complexity index is 121. The van der Waals surface area contributed by atoms with Crippen LogP contribution in [0.15, 0.2) is 0 Å². The molecular formula is C7H12NO2. The Morgan fingerprint density at radius 3 is 2.60 bits per heavy atom. The molecule has 0 rings (SSSR count). The van der Waals surface area contributed by atoms with Crippen molar-refractivity contribution < 1.29 is 9.59 Å². The van der Waals surface area contributed by atoms with Crippen LogP contribution < -0.4 is 5.32 Å². The topological polar surface area (TPSA) is 46.2 Å². The minimum Gasteiger partial charge on any atom is -0.349 e. The molecule has 3 nitrogen and oxygen atoms in total. The Hall–Kier alpha value is -0.860. The first-order valence-corrected chi connectivity index (χ1v) is 3.28. The van der Waals surface area contributed by atoms with Crippen molar-refractivity contribution in [3.63, 3.8) is 0 Å². The highest BCUT2D eigenvalue weighted by Crippen LogP contribution is 1.97. The summed E-state index contributed by atoms with van der Waals surface area (Å²) in [6, 6.07) is 0. The minimum atomic E-state index is -0.0849. The van der Waals surface area contributed by atoms with Crippen LogP contribution in [0.5, 0.6) is 0 Å². The standard InChI is InChI=1S/C7H12NO2/c1-6(2)5-7(10)8-3-4-9/h6H,3,5H2,1-2H3,(H,8,10). The molecule has 0 aromatic carbocycles. The molecule has 0 aliphatic carbocycles. The van der Waals surface area contributed by atoms with Gasteiger partial charge < -0.3 is 5.32 Å². The lowest BCUT2D eigenvalue weighted by atomic mass is 10.1. The molecule has 0 heterocycles. The van der Waals surface area contributed by atoms with E-state index in [2.05, 4.69) is 5.32 Å². The van der Waals surface area contributed by atoms with Gasteiger partial charge in [-0.3, -0.25) is 9.59 Å². The normalized spacial score (nSPS) is 9.50. The molecule has 0 bridgehead atoms. The van der Waals surface area contributed by atoms with E-state index in [-0.39, 0.29) is 12.5 Å². The number of rotatable bonds is 4. The van der Waals surface area contributed by atoms with Crippen molar-refractivity contribution in [2.45, 2.75) is 20.3 Å². The van der Waals surface area contributed by atoms with Gasteiger partial charge in [-0.1, -0.05) is 13.8 Å². The number of hydrogen-bond donors (Lipinski definition) is 1. The van der Waals surface area contributed by atoms with E-state index in [1.165, 1.54) is 0 Å². The van der Waals surface area contributed by atoms with Gasteiger partial charge in [0.05, 0.1) is 6.54 Å². The fourth-order valence-corrected chi connectivity index (χ4v) is 0.578. The van der Waals surface area contributed by atoms with Gasteiger partial charge in [0, 0.05) is 6.42 Å². The number of nitrogens with one attached hydrogen (secondary N) is 1. The van der Waals surface area contributed by atoms with Crippen molar-refractivity contribution in [3.8, 4) is 0 Å². The van der Waals surface area contributed by atoms with Crippen LogP contribution in [0.4, 0.5) is 0 Å². The summed E-state index contributed by atoms with van der Waals surface area (Å²) >= 11 is 0. The van der Waals surface area contributed by atoms with E-state index < -0.39 is 0 Å². The molecule has 0 atom stereocenters. The largest absolute Gasteiger partial charge is 0.349 e. The van der Waals surface area contributed by atoms with Crippen LogP contribution >= 0.6 is 0 Å². The zero-order valence-electron chi connectivity index (χ0n) is 6.31. The Balaban J connectivity index is 3.34. The van der Waals surface area contributed by atoms with Crippen LogP contribution in [0, 0.1) is 5.92 Å². The van der Waals surface area contributed by atoms with Gasteiger partial charge in [-0.2, -0.15) is 0 Å². The van der Waals surface area contributed by atoms with Crippen molar-refractivity contribution in [3.05, 3.63) is 0 Å². The minimum absolute atomic E-state index is 0.00551. The molecule has 0 aliphatic rings. The summed E-state index contributed by atoms with van der Waals surface area (Å²) in [6.45, 7) is 3.90. The Morgan fingerprint density at radius 1 is 1.60 bits per heavy atom. The molecule has 1 amide bonds. The van der Waals surface area contributed by atoms with E-state index in [9.17, 15) is 9.59 Å². The molecule has 0 saturated heterocycles. The van der Waals surface area contributed by atoms with Crippen molar-refractivity contribution in [1.82, 2.24) is 5.32 Å². The lowest BCUT2D eigenvalue weighted by molar-refractivity contribution is -0.121. The van der Waals surface area contributed by atoms with Crippen LogP contribution in [-0.2, 0) is 9.59 Å². The third-order valence-electron chi connectivity index (χ3n) is 0.951. The summed E-state index contributed by atoms with van der Waals surface area (Å²) in [5, 5.41) is 2.40. The van der Waals surface area contributed by atoms with Gasteiger partial charge in [0.2, 0.25) is 12.2 Å². The lowest BCUT2D eigenvalue weighted by Crippen LogP contribution is -2.25. The SMILES string of the molecule is CC(C)CC(=O)NC[C]=O. The Kier molecular flexibility index (Phi) is 4.54. The van der Waals surface area contributed by atoms with Crippen LogP contribution in [0.25, 0.3) is 0 Å². The molecular weight excluding hydrogens is 130 g/mol. The molecule has 1 N–H and O–H groups in total. The number of hydrogen-bond acceptors (Lipinski definition) is 2. The average molecular weight is 142 g/mol. The predicted octanol–water partition coefficient (Wildman–Crippen LogP) is 0.258. The monoisotopic (exact) mass is 142 g/mol. The summed E-state index contributed by atoms with van der Waals surface area (Å²) in [4.78, 5) is 20.4. The van der Waals surface area contributed by atoms with Gasteiger partial charge in [0.1, 0.15) is 0 Å². The third-order valence-corrected chi connectivity index (χ3v) is 0.951. The second-order valence-electron chi connectivity index (χ2n) is 2.52. The summed E-state index contributed by atoms with van der Waals surface area (Å²) in [7, 11) is 0. The van der Waals surface area contributed by atoms with E-state index in [0.717, 1.165) is 0 Å². The quantitative estimate of drug-likeness (QED) is 0.612.